The van der Waals surface area contributed by atoms with Crippen molar-refractivity contribution in [2.45, 2.75) is 11.3 Å². The quantitative estimate of drug-likeness (QED) is 0.750. The molecule has 0 unspecified atom stereocenters. The summed E-state index contributed by atoms with van der Waals surface area (Å²) in [6, 6.07) is 7.92. The van der Waals surface area contributed by atoms with E-state index in [-0.39, 0.29) is 0 Å². The van der Waals surface area contributed by atoms with Gasteiger partial charge in [0, 0.05) is 19.9 Å². The Kier molecular flexibility index (Phi) is 2.69. The van der Waals surface area contributed by atoms with E-state index in [0.29, 0.717) is 11.4 Å². The van der Waals surface area contributed by atoms with Crippen LogP contribution in [0.25, 0.3) is 10.1 Å². The van der Waals surface area contributed by atoms with Crippen LogP contribution in [0, 0.1) is 11.3 Å². The maximum atomic E-state index is 8.61. The monoisotopic (exact) mass is 239 g/mol. The van der Waals surface area contributed by atoms with Crippen molar-refractivity contribution in [3.63, 3.8) is 0 Å². The van der Waals surface area contributed by atoms with Crippen molar-refractivity contribution in [3.05, 3.63) is 28.1 Å². The molecule has 2 aromatic rings. The molecule has 0 fully saturated rings. The molecular formula is C10H6ClNS2. The second-order valence-electron chi connectivity index (χ2n) is 2.85. The summed E-state index contributed by atoms with van der Waals surface area (Å²) in [5.41, 5.74) is 0. The van der Waals surface area contributed by atoms with Gasteiger partial charge in [0.25, 0.3) is 0 Å². The first-order valence-electron chi connectivity index (χ1n) is 3.99. The Bertz CT molecular complexity index is 525. The summed E-state index contributed by atoms with van der Waals surface area (Å²) in [7, 11) is 0. The summed E-state index contributed by atoms with van der Waals surface area (Å²) in [4.78, 5) is 1.85. The standard InChI is InChI=1S/C10H6ClNS2/c11-10-7-2-1-6(13)5-9(7)14-8(10)3-4-12/h1-2,5,13H,3H2. The van der Waals surface area contributed by atoms with Gasteiger partial charge in [-0.1, -0.05) is 17.7 Å². The molecule has 0 saturated heterocycles. The number of fused-ring (bicyclic) bond motifs is 1. The predicted octanol–water partition coefficient (Wildman–Crippen LogP) is 3.91. The Morgan fingerprint density at radius 3 is 3.00 bits per heavy atom. The molecule has 0 bridgehead atoms. The minimum Gasteiger partial charge on any atom is -0.198 e. The number of nitriles is 1. The lowest BCUT2D eigenvalue weighted by Crippen LogP contribution is -1.73. The SMILES string of the molecule is N#CCc1sc2cc(S)ccc2c1Cl. The highest BCUT2D eigenvalue weighted by atomic mass is 35.5. The van der Waals surface area contributed by atoms with E-state index in [1.165, 1.54) is 0 Å². The molecule has 4 heteroatoms. The lowest BCUT2D eigenvalue weighted by Gasteiger charge is -1.91. The number of halogens is 1. The van der Waals surface area contributed by atoms with Gasteiger partial charge < -0.3 is 0 Å². The number of thiophene rings is 1. The first kappa shape index (κ1) is 9.85. The second-order valence-corrected chi connectivity index (χ2v) is 4.89. The van der Waals surface area contributed by atoms with Gasteiger partial charge in [0.15, 0.2) is 0 Å². The van der Waals surface area contributed by atoms with E-state index >= 15 is 0 Å². The zero-order valence-electron chi connectivity index (χ0n) is 7.12. The fourth-order valence-corrected chi connectivity index (χ4v) is 3.05. The van der Waals surface area contributed by atoms with E-state index < -0.39 is 0 Å². The largest absolute Gasteiger partial charge is 0.198 e. The Labute approximate surface area is 96.3 Å². The molecule has 1 aromatic carbocycles. The van der Waals surface area contributed by atoms with Crippen molar-refractivity contribution in [3.8, 4) is 6.07 Å². The van der Waals surface area contributed by atoms with Crippen LogP contribution in [0.5, 0.6) is 0 Å². The molecular weight excluding hydrogens is 234 g/mol. The molecule has 0 aliphatic carbocycles. The maximum Gasteiger partial charge on any atom is 0.0711 e. The summed E-state index contributed by atoms with van der Waals surface area (Å²) < 4.78 is 1.09. The van der Waals surface area contributed by atoms with Gasteiger partial charge in [0.1, 0.15) is 0 Å². The van der Waals surface area contributed by atoms with E-state index in [1.54, 1.807) is 11.3 Å². The van der Waals surface area contributed by atoms with Crippen LogP contribution in [0.1, 0.15) is 4.88 Å². The lowest BCUT2D eigenvalue weighted by atomic mass is 10.2. The van der Waals surface area contributed by atoms with Crippen molar-refractivity contribution in [2.75, 3.05) is 0 Å². The van der Waals surface area contributed by atoms with Crippen molar-refractivity contribution >= 4 is 45.7 Å². The van der Waals surface area contributed by atoms with Crippen LogP contribution in [0.3, 0.4) is 0 Å². The van der Waals surface area contributed by atoms with Crippen LogP contribution < -0.4 is 0 Å². The van der Waals surface area contributed by atoms with Crippen LogP contribution in [-0.2, 0) is 6.42 Å². The van der Waals surface area contributed by atoms with Crippen molar-refractivity contribution in [2.24, 2.45) is 0 Å². The minimum absolute atomic E-state index is 0.375. The molecule has 0 atom stereocenters. The molecule has 0 radical (unpaired) electrons. The molecule has 1 aromatic heterocycles. The molecule has 0 aliphatic rings. The van der Waals surface area contributed by atoms with Gasteiger partial charge in [0.2, 0.25) is 0 Å². The Morgan fingerprint density at radius 1 is 1.50 bits per heavy atom. The summed E-state index contributed by atoms with van der Waals surface area (Å²) >= 11 is 11.9. The molecule has 0 aliphatic heterocycles. The third kappa shape index (κ3) is 1.61. The summed E-state index contributed by atoms with van der Waals surface area (Å²) in [6.07, 6.45) is 0.375. The minimum atomic E-state index is 0.375. The summed E-state index contributed by atoms with van der Waals surface area (Å²) in [6.45, 7) is 0. The predicted molar refractivity (Wildman–Crippen MR) is 63.4 cm³/mol. The Morgan fingerprint density at radius 2 is 2.29 bits per heavy atom. The van der Waals surface area contributed by atoms with Gasteiger partial charge in [-0.05, 0) is 12.1 Å². The van der Waals surface area contributed by atoms with Crippen LogP contribution in [-0.4, -0.2) is 0 Å². The molecule has 14 heavy (non-hydrogen) atoms. The van der Waals surface area contributed by atoms with Gasteiger partial charge >= 0.3 is 0 Å². The van der Waals surface area contributed by atoms with E-state index in [4.69, 9.17) is 16.9 Å². The van der Waals surface area contributed by atoms with Crippen LogP contribution in [0.2, 0.25) is 5.02 Å². The number of hydrogen-bond donors (Lipinski definition) is 1. The normalized spacial score (nSPS) is 10.4. The average Bonchev–Trinajstić information content (AvgIpc) is 2.44. The number of rotatable bonds is 1. The number of hydrogen-bond acceptors (Lipinski definition) is 3. The zero-order valence-corrected chi connectivity index (χ0v) is 9.59. The third-order valence-corrected chi connectivity index (χ3v) is 3.89. The molecule has 0 amide bonds. The highest BCUT2D eigenvalue weighted by Gasteiger charge is 2.09. The van der Waals surface area contributed by atoms with E-state index in [1.807, 2.05) is 18.2 Å². The van der Waals surface area contributed by atoms with Gasteiger partial charge in [-0.3, -0.25) is 0 Å². The van der Waals surface area contributed by atoms with E-state index in [9.17, 15) is 0 Å². The number of benzene rings is 1. The van der Waals surface area contributed by atoms with Crippen LogP contribution in [0.4, 0.5) is 0 Å². The number of nitrogens with zero attached hydrogens (tertiary/aromatic N) is 1. The van der Waals surface area contributed by atoms with Gasteiger partial charge in [-0.2, -0.15) is 5.26 Å². The van der Waals surface area contributed by atoms with Gasteiger partial charge in [0.05, 0.1) is 17.5 Å². The van der Waals surface area contributed by atoms with Gasteiger partial charge in [-0.15, -0.1) is 24.0 Å². The fourth-order valence-electron chi connectivity index (χ4n) is 1.29. The molecule has 1 nitrogen and oxygen atoms in total. The van der Waals surface area contributed by atoms with Crippen LogP contribution in [0.15, 0.2) is 23.1 Å². The van der Waals surface area contributed by atoms with Gasteiger partial charge in [-0.25, -0.2) is 0 Å². The number of thiol groups is 1. The third-order valence-electron chi connectivity index (χ3n) is 1.92. The second kappa shape index (κ2) is 3.82. The Balaban J connectivity index is 2.68. The van der Waals surface area contributed by atoms with E-state index in [0.717, 1.165) is 19.9 Å². The molecule has 70 valence electrons. The summed E-state index contributed by atoms with van der Waals surface area (Å²) in [5, 5.41) is 10.3. The lowest BCUT2D eigenvalue weighted by molar-refractivity contribution is 1.32. The Hall–Kier alpha value is -0.690. The first-order chi connectivity index (χ1) is 6.72. The molecule has 2 rings (SSSR count). The molecule has 0 saturated carbocycles. The maximum absolute atomic E-state index is 8.61. The highest BCUT2D eigenvalue weighted by molar-refractivity contribution is 7.80. The molecule has 0 spiro atoms. The molecule has 1 heterocycles. The molecule has 0 N–H and O–H groups in total. The topological polar surface area (TPSA) is 23.8 Å². The highest BCUT2D eigenvalue weighted by Crippen LogP contribution is 2.36. The van der Waals surface area contributed by atoms with E-state index in [2.05, 4.69) is 18.7 Å². The zero-order chi connectivity index (χ0) is 10.1. The van der Waals surface area contributed by atoms with Crippen molar-refractivity contribution < 1.29 is 0 Å². The summed E-state index contributed by atoms with van der Waals surface area (Å²) in [5.74, 6) is 0. The smallest absolute Gasteiger partial charge is 0.0711 e. The first-order valence-corrected chi connectivity index (χ1v) is 5.63. The average molecular weight is 240 g/mol. The van der Waals surface area contributed by atoms with Crippen LogP contribution >= 0.6 is 35.6 Å². The van der Waals surface area contributed by atoms with Crippen molar-refractivity contribution in [1.29, 1.82) is 5.26 Å². The van der Waals surface area contributed by atoms with Crippen molar-refractivity contribution in [1.82, 2.24) is 0 Å². The fraction of sp³-hybridized carbons (Fsp3) is 0.100.